The molecule has 0 unspecified atom stereocenters. The second kappa shape index (κ2) is 5.42. The minimum atomic E-state index is 0.620. The maximum absolute atomic E-state index is 5.66. The highest BCUT2D eigenvalue weighted by Gasteiger charge is 1.98. The standard InChI is InChI=1S/C14H9BrO2/c1-2-16-12-6-8-13(9-7-12)17-14-5-3-4-11(15)10-14/h1,3-10H. The van der Waals surface area contributed by atoms with Gasteiger partial charge in [-0.25, -0.2) is 0 Å². The molecule has 0 spiro atoms. The molecule has 0 aliphatic carbocycles. The second-order valence-corrected chi connectivity index (χ2v) is 4.17. The number of benzene rings is 2. The molecule has 2 rings (SSSR count). The van der Waals surface area contributed by atoms with E-state index < -0.39 is 0 Å². The Morgan fingerprint density at radius 1 is 0.941 bits per heavy atom. The minimum Gasteiger partial charge on any atom is -0.457 e. The van der Waals surface area contributed by atoms with Gasteiger partial charge in [-0.2, -0.15) is 0 Å². The summed E-state index contributed by atoms with van der Waals surface area (Å²) in [4.78, 5) is 0. The molecule has 0 aliphatic rings. The lowest BCUT2D eigenvalue weighted by molar-refractivity contribution is 0.478. The van der Waals surface area contributed by atoms with Crippen molar-refractivity contribution in [1.29, 1.82) is 0 Å². The van der Waals surface area contributed by atoms with E-state index in [-0.39, 0.29) is 0 Å². The Bertz CT molecular complexity index is 541. The Kier molecular flexibility index (Phi) is 3.69. The molecule has 0 fully saturated rings. The third-order valence-electron chi connectivity index (χ3n) is 2.03. The van der Waals surface area contributed by atoms with E-state index in [2.05, 4.69) is 22.0 Å². The molecule has 0 heterocycles. The summed E-state index contributed by atoms with van der Waals surface area (Å²) in [5.41, 5.74) is 0. The smallest absolute Gasteiger partial charge is 0.140 e. The molecule has 17 heavy (non-hydrogen) atoms. The summed E-state index contributed by atoms with van der Waals surface area (Å²) in [5, 5.41) is 0. The average Bonchev–Trinajstić information content (AvgIpc) is 2.32. The van der Waals surface area contributed by atoms with Crippen molar-refractivity contribution in [3.8, 4) is 29.8 Å². The fourth-order valence-corrected chi connectivity index (χ4v) is 1.69. The number of hydrogen-bond donors (Lipinski definition) is 0. The van der Waals surface area contributed by atoms with Gasteiger partial charge in [-0.3, -0.25) is 0 Å². The lowest BCUT2D eigenvalue weighted by Crippen LogP contribution is -1.85. The fourth-order valence-electron chi connectivity index (χ4n) is 1.31. The molecule has 0 atom stereocenters. The zero-order valence-corrected chi connectivity index (χ0v) is 10.5. The molecule has 0 aromatic heterocycles. The number of hydrogen-bond acceptors (Lipinski definition) is 2. The number of terminal acetylenes is 1. The van der Waals surface area contributed by atoms with E-state index >= 15 is 0 Å². The Morgan fingerprint density at radius 2 is 1.65 bits per heavy atom. The van der Waals surface area contributed by atoms with Crippen molar-refractivity contribution in [2.45, 2.75) is 0 Å². The zero-order valence-electron chi connectivity index (χ0n) is 8.89. The first-order chi connectivity index (χ1) is 8.28. The van der Waals surface area contributed by atoms with Gasteiger partial charge in [0.05, 0.1) is 0 Å². The van der Waals surface area contributed by atoms with Crippen molar-refractivity contribution in [3.63, 3.8) is 0 Å². The van der Waals surface area contributed by atoms with Gasteiger partial charge in [-0.15, -0.1) is 0 Å². The van der Waals surface area contributed by atoms with Crippen LogP contribution >= 0.6 is 15.9 Å². The lowest BCUT2D eigenvalue weighted by Gasteiger charge is -2.06. The van der Waals surface area contributed by atoms with Crippen LogP contribution in [-0.2, 0) is 0 Å². The quantitative estimate of drug-likeness (QED) is 0.788. The molecule has 0 bridgehead atoms. The Balaban J connectivity index is 2.11. The van der Waals surface area contributed by atoms with Gasteiger partial charge in [0.1, 0.15) is 23.4 Å². The first kappa shape index (κ1) is 11.6. The van der Waals surface area contributed by atoms with E-state index in [4.69, 9.17) is 15.9 Å². The van der Waals surface area contributed by atoms with E-state index in [9.17, 15) is 0 Å². The second-order valence-electron chi connectivity index (χ2n) is 3.25. The van der Waals surface area contributed by atoms with Crippen molar-refractivity contribution in [2.75, 3.05) is 0 Å². The summed E-state index contributed by atoms with van der Waals surface area (Å²) >= 11 is 3.39. The average molecular weight is 289 g/mol. The zero-order chi connectivity index (χ0) is 12.1. The molecule has 3 heteroatoms. The molecule has 2 nitrogen and oxygen atoms in total. The molecule has 0 aliphatic heterocycles. The van der Waals surface area contributed by atoms with Crippen molar-refractivity contribution < 1.29 is 9.47 Å². The normalized spacial score (nSPS) is 9.41. The van der Waals surface area contributed by atoms with Crippen LogP contribution in [-0.4, -0.2) is 0 Å². The SMILES string of the molecule is C#COc1ccc(Oc2cccc(Br)c2)cc1. The first-order valence-corrected chi connectivity index (χ1v) is 5.73. The van der Waals surface area contributed by atoms with Gasteiger partial charge in [0.2, 0.25) is 0 Å². The molecule has 2 aromatic carbocycles. The van der Waals surface area contributed by atoms with Crippen LogP contribution in [0.3, 0.4) is 0 Å². The summed E-state index contributed by atoms with van der Waals surface area (Å²) in [6.45, 7) is 0. The summed E-state index contributed by atoms with van der Waals surface area (Å²) in [7, 11) is 0. The topological polar surface area (TPSA) is 18.5 Å². The van der Waals surface area contributed by atoms with Gasteiger partial charge < -0.3 is 9.47 Å². The number of halogens is 1. The van der Waals surface area contributed by atoms with Crippen LogP contribution in [0.15, 0.2) is 53.0 Å². The van der Waals surface area contributed by atoms with E-state index in [0.29, 0.717) is 5.75 Å². The molecule has 2 aromatic rings. The van der Waals surface area contributed by atoms with Crippen molar-refractivity contribution >= 4 is 15.9 Å². The maximum atomic E-state index is 5.66. The Hall–Kier alpha value is -1.92. The van der Waals surface area contributed by atoms with Crippen LogP contribution in [0.25, 0.3) is 0 Å². The predicted molar refractivity (Wildman–Crippen MR) is 70.1 cm³/mol. The predicted octanol–water partition coefficient (Wildman–Crippen LogP) is 4.21. The van der Waals surface area contributed by atoms with Crippen molar-refractivity contribution in [3.05, 3.63) is 53.0 Å². The van der Waals surface area contributed by atoms with Crippen molar-refractivity contribution in [2.24, 2.45) is 0 Å². The summed E-state index contributed by atoms with van der Waals surface area (Å²) < 4.78 is 11.5. The monoisotopic (exact) mass is 288 g/mol. The molecular weight excluding hydrogens is 280 g/mol. The van der Waals surface area contributed by atoms with E-state index in [1.165, 1.54) is 0 Å². The van der Waals surface area contributed by atoms with Crippen molar-refractivity contribution in [1.82, 2.24) is 0 Å². The molecular formula is C14H9BrO2. The summed E-state index contributed by atoms with van der Waals surface area (Å²) in [6.07, 6.45) is 7.14. The van der Waals surface area contributed by atoms with Gasteiger partial charge in [-0.05, 0) is 42.5 Å². The summed E-state index contributed by atoms with van der Waals surface area (Å²) in [6, 6.07) is 14.7. The Morgan fingerprint density at radius 3 is 2.29 bits per heavy atom. The third-order valence-corrected chi connectivity index (χ3v) is 2.53. The van der Waals surface area contributed by atoms with Gasteiger partial charge >= 0.3 is 0 Å². The van der Waals surface area contributed by atoms with E-state index in [0.717, 1.165) is 16.0 Å². The third kappa shape index (κ3) is 3.27. The van der Waals surface area contributed by atoms with Crippen LogP contribution < -0.4 is 9.47 Å². The van der Waals surface area contributed by atoms with Crippen LogP contribution in [0.1, 0.15) is 0 Å². The largest absolute Gasteiger partial charge is 0.457 e. The number of rotatable bonds is 3. The first-order valence-electron chi connectivity index (χ1n) is 4.94. The molecule has 0 N–H and O–H groups in total. The highest BCUT2D eigenvalue weighted by atomic mass is 79.9. The van der Waals surface area contributed by atoms with E-state index in [1.807, 2.05) is 24.3 Å². The Labute approximate surface area is 108 Å². The van der Waals surface area contributed by atoms with E-state index in [1.54, 1.807) is 24.3 Å². The number of ether oxygens (including phenoxy) is 2. The van der Waals surface area contributed by atoms with Crippen LogP contribution in [0.4, 0.5) is 0 Å². The van der Waals surface area contributed by atoms with Crippen LogP contribution in [0.5, 0.6) is 17.2 Å². The fraction of sp³-hybridized carbons (Fsp3) is 0. The van der Waals surface area contributed by atoms with Gasteiger partial charge in [0, 0.05) is 4.47 Å². The highest BCUT2D eigenvalue weighted by molar-refractivity contribution is 9.10. The van der Waals surface area contributed by atoms with Crippen LogP contribution in [0.2, 0.25) is 0 Å². The molecule has 0 amide bonds. The summed E-state index contributed by atoms with van der Waals surface area (Å²) in [5.74, 6) is 2.12. The van der Waals surface area contributed by atoms with Gasteiger partial charge in [0.25, 0.3) is 0 Å². The lowest BCUT2D eigenvalue weighted by atomic mass is 10.3. The highest BCUT2D eigenvalue weighted by Crippen LogP contribution is 2.25. The van der Waals surface area contributed by atoms with Crippen LogP contribution in [0, 0.1) is 12.5 Å². The molecule has 0 saturated carbocycles. The van der Waals surface area contributed by atoms with Gasteiger partial charge in [-0.1, -0.05) is 28.4 Å². The molecule has 84 valence electrons. The molecule has 0 saturated heterocycles. The van der Waals surface area contributed by atoms with Gasteiger partial charge in [0.15, 0.2) is 0 Å². The molecule has 0 radical (unpaired) electrons. The maximum Gasteiger partial charge on any atom is 0.140 e. The minimum absolute atomic E-state index is 0.620.